The molecule has 0 bridgehead atoms. The molecule has 0 amide bonds. The number of hydrogen-bond donors (Lipinski definition) is 4. The average molecular weight is 611 g/mol. The Bertz CT molecular complexity index is 1410. The second kappa shape index (κ2) is 11.8. The predicted octanol–water partition coefficient (Wildman–Crippen LogP) is 2.84. The van der Waals surface area contributed by atoms with Crippen molar-refractivity contribution < 1.29 is 43.1 Å². The minimum atomic E-state index is -1.63. The van der Waals surface area contributed by atoms with Gasteiger partial charge in [-0.15, -0.1) is 16.9 Å². The molecule has 0 aliphatic carbocycles. The molecule has 3 aromatic rings. The van der Waals surface area contributed by atoms with Crippen LogP contribution in [0, 0.1) is 24.4 Å². The summed E-state index contributed by atoms with van der Waals surface area (Å²) in [6, 6.07) is 3.95. The number of thioether (sulfide) groups is 1. The summed E-state index contributed by atoms with van der Waals surface area (Å²) in [6.07, 6.45) is -0.647. The Kier molecular flexibility index (Phi) is 8.69. The fourth-order valence-electron chi connectivity index (χ4n) is 5.71. The maximum atomic E-state index is 13.9. The molecule has 0 saturated carbocycles. The van der Waals surface area contributed by atoms with Gasteiger partial charge in [-0.2, -0.15) is 0 Å². The number of pyridine rings is 1. The first-order chi connectivity index (χ1) is 19.8. The largest absolute Gasteiger partial charge is 0.394 e. The summed E-state index contributed by atoms with van der Waals surface area (Å²) in [6.45, 7) is 5.32. The molecule has 5 rings (SSSR count). The molecule has 7 atom stereocenters. The fraction of sp³-hybridized carbons (Fsp3) is 0.536. The third-order valence-electron chi connectivity index (χ3n) is 7.76. The summed E-state index contributed by atoms with van der Waals surface area (Å²) >= 11 is 1.11. The highest BCUT2D eigenvalue weighted by Gasteiger charge is 2.52. The SMILES string of the molecule is Cc1cccnc1[C@@H](S[C@@H]1O[C@H](CO)[C@H](O)[C@H](n2cc(-c3cc(F)c(F)c(F)c3)nn2)[C@H]1O)[C@@]1(O)CCOC(C)(C)C1. The van der Waals surface area contributed by atoms with Crippen molar-refractivity contribution in [3.8, 4) is 11.3 Å². The van der Waals surface area contributed by atoms with Gasteiger partial charge in [-0.05, 0) is 44.5 Å². The van der Waals surface area contributed by atoms with Crippen LogP contribution in [0.3, 0.4) is 0 Å². The van der Waals surface area contributed by atoms with Gasteiger partial charge in [0.1, 0.15) is 35.5 Å². The van der Waals surface area contributed by atoms with Gasteiger partial charge in [-0.25, -0.2) is 17.9 Å². The molecule has 228 valence electrons. The smallest absolute Gasteiger partial charge is 0.194 e. The van der Waals surface area contributed by atoms with Crippen LogP contribution in [0.1, 0.15) is 49.2 Å². The number of aromatic nitrogens is 4. The predicted molar refractivity (Wildman–Crippen MR) is 146 cm³/mol. The first-order valence-electron chi connectivity index (χ1n) is 13.5. The number of aliphatic hydroxyl groups is 4. The van der Waals surface area contributed by atoms with Crippen LogP contribution in [0.2, 0.25) is 0 Å². The van der Waals surface area contributed by atoms with Gasteiger partial charge in [0.25, 0.3) is 0 Å². The molecule has 2 saturated heterocycles. The van der Waals surface area contributed by atoms with E-state index in [-0.39, 0.29) is 17.7 Å². The maximum absolute atomic E-state index is 13.9. The first kappa shape index (κ1) is 30.9. The molecule has 2 aliphatic rings. The molecule has 4 heterocycles. The summed E-state index contributed by atoms with van der Waals surface area (Å²) in [5.74, 6) is -4.44. The Morgan fingerprint density at radius 3 is 2.52 bits per heavy atom. The molecule has 42 heavy (non-hydrogen) atoms. The lowest BCUT2D eigenvalue weighted by molar-refractivity contribution is -0.179. The highest BCUT2D eigenvalue weighted by molar-refractivity contribution is 8.00. The topological polar surface area (TPSA) is 143 Å². The Balaban J connectivity index is 1.49. The molecular weight excluding hydrogens is 577 g/mol. The lowest BCUT2D eigenvalue weighted by atomic mass is 9.80. The first-order valence-corrected chi connectivity index (χ1v) is 14.4. The van der Waals surface area contributed by atoms with E-state index < -0.39 is 70.3 Å². The summed E-state index contributed by atoms with van der Waals surface area (Å²) in [5.41, 5.74) is -1.78. The van der Waals surface area contributed by atoms with Gasteiger partial charge in [0.05, 0.1) is 41.6 Å². The zero-order valence-corrected chi connectivity index (χ0v) is 24.0. The average Bonchev–Trinajstić information content (AvgIpc) is 3.41. The van der Waals surface area contributed by atoms with Crippen molar-refractivity contribution in [2.45, 2.75) is 79.9 Å². The van der Waals surface area contributed by atoms with Crippen LogP contribution in [0.15, 0.2) is 36.7 Å². The third-order valence-corrected chi connectivity index (χ3v) is 9.35. The standard InChI is InChI=1S/C28H33F3N4O6S/c1-14-5-4-7-32-21(14)25(28(39)6-8-40-27(2,3)13-28)42-26-24(38)22(23(37)19(12-36)41-26)35-11-18(33-34-35)15-9-16(29)20(31)17(30)10-15/h4-5,7,9-11,19,22-26,36-39H,6,8,12-13H2,1-3H3/t19-,22+,23+,24-,25-,26+,28-/m1/s1. The van der Waals surface area contributed by atoms with Gasteiger partial charge >= 0.3 is 0 Å². The van der Waals surface area contributed by atoms with Crippen molar-refractivity contribution in [3.63, 3.8) is 0 Å². The molecule has 1 aromatic carbocycles. The van der Waals surface area contributed by atoms with Crippen molar-refractivity contribution in [1.82, 2.24) is 20.0 Å². The van der Waals surface area contributed by atoms with E-state index in [1.54, 1.807) is 12.3 Å². The summed E-state index contributed by atoms with van der Waals surface area (Å²) in [7, 11) is 0. The quantitative estimate of drug-likeness (QED) is 0.295. The zero-order valence-electron chi connectivity index (χ0n) is 23.2. The Labute approximate surface area is 244 Å². The molecule has 2 aliphatic heterocycles. The van der Waals surface area contributed by atoms with E-state index in [1.807, 2.05) is 26.8 Å². The van der Waals surface area contributed by atoms with Crippen molar-refractivity contribution in [3.05, 3.63) is 65.4 Å². The summed E-state index contributed by atoms with van der Waals surface area (Å²) in [4.78, 5) is 4.55. The van der Waals surface area contributed by atoms with Crippen molar-refractivity contribution in [2.24, 2.45) is 0 Å². The number of aliphatic hydroxyl groups excluding tert-OH is 3. The van der Waals surface area contributed by atoms with E-state index >= 15 is 0 Å². The molecule has 14 heteroatoms. The number of ether oxygens (including phenoxy) is 2. The molecule has 2 aromatic heterocycles. The minimum absolute atomic E-state index is 0.0378. The highest BCUT2D eigenvalue weighted by atomic mass is 32.2. The van der Waals surface area contributed by atoms with Crippen LogP contribution >= 0.6 is 11.8 Å². The second-order valence-corrected chi connectivity index (χ2v) is 12.6. The van der Waals surface area contributed by atoms with E-state index in [0.29, 0.717) is 18.7 Å². The van der Waals surface area contributed by atoms with E-state index in [1.165, 1.54) is 6.20 Å². The molecule has 0 spiro atoms. The van der Waals surface area contributed by atoms with Crippen molar-refractivity contribution >= 4 is 11.8 Å². The lowest BCUT2D eigenvalue weighted by Crippen LogP contribution is -2.56. The molecule has 0 unspecified atom stereocenters. The van der Waals surface area contributed by atoms with Crippen LogP contribution in [0.25, 0.3) is 11.3 Å². The highest BCUT2D eigenvalue weighted by Crippen LogP contribution is 2.51. The lowest BCUT2D eigenvalue weighted by Gasteiger charge is -2.48. The number of nitrogens with zero attached hydrogens (tertiary/aromatic N) is 4. The van der Waals surface area contributed by atoms with Gasteiger partial charge in [0.2, 0.25) is 0 Å². The van der Waals surface area contributed by atoms with Gasteiger partial charge in [-0.1, -0.05) is 11.3 Å². The van der Waals surface area contributed by atoms with E-state index in [0.717, 1.165) is 34.1 Å². The number of aryl methyl sites for hydroxylation is 1. The third kappa shape index (κ3) is 5.94. The van der Waals surface area contributed by atoms with Crippen molar-refractivity contribution in [2.75, 3.05) is 13.2 Å². The maximum Gasteiger partial charge on any atom is 0.194 e. The van der Waals surface area contributed by atoms with Crippen LogP contribution in [0.5, 0.6) is 0 Å². The minimum Gasteiger partial charge on any atom is -0.394 e. The van der Waals surface area contributed by atoms with Gasteiger partial charge < -0.3 is 29.9 Å². The van der Waals surface area contributed by atoms with Gasteiger partial charge in [0, 0.05) is 24.6 Å². The molecule has 2 fully saturated rings. The Hall–Kier alpha value is -2.59. The Morgan fingerprint density at radius 1 is 1.17 bits per heavy atom. The van der Waals surface area contributed by atoms with Gasteiger partial charge in [-0.3, -0.25) is 4.98 Å². The normalized spacial score (nSPS) is 30.3. The number of hydrogen-bond acceptors (Lipinski definition) is 10. The Morgan fingerprint density at radius 2 is 1.88 bits per heavy atom. The van der Waals surface area contributed by atoms with Crippen LogP contribution in [-0.4, -0.2) is 88.6 Å². The van der Waals surface area contributed by atoms with Crippen molar-refractivity contribution in [1.29, 1.82) is 0 Å². The van der Waals surface area contributed by atoms with Crippen LogP contribution in [-0.2, 0) is 9.47 Å². The second-order valence-electron chi connectivity index (χ2n) is 11.4. The summed E-state index contributed by atoms with van der Waals surface area (Å²) in [5, 5.41) is 51.8. The molecule has 0 radical (unpaired) electrons. The number of rotatable bonds is 7. The zero-order chi connectivity index (χ0) is 30.4. The molecule has 10 nitrogen and oxygen atoms in total. The molecular formula is C28H33F3N4O6S. The monoisotopic (exact) mass is 610 g/mol. The van der Waals surface area contributed by atoms with Crippen LogP contribution < -0.4 is 0 Å². The number of benzene rings is 1. The fourth-order valence-corrected chi connectivity index (χ4v) is 7.33. The van der Waals surface area contributed by atoms with E-state index in [2.05, 4.69) is 15.3 Å². The summed E-state index contributed by atoms with van der Waals surface area (Å²) < 4.78 is 54.1. The van der Waals surface area contributed by atoms with Gasteiger partial charge in [0.15, 0.2) is 17.5 Å². The number of halogens is 3. The molecule has 4 N–H and O–H groups in total. The van der Waals surface area contributed by atoms with E-state index in [9.17, 15) is 33.6 Å². The van der Waals surface area contributed by atoms with Crippen LogP contribution in [0.4, 0.5) is 13.2 Å². The van der Waals surface area contributed by atoms with E-state index in [4.69, 9.17) is 9.47 Å².